The zero-order valence-corrected chi connectivity index (χ0v) is 22.3. The molecule has 0 radical (unpaired) electrons. The number of hydrogen-bond donors (Lipinski definition) is 3. The van der Waals surface area contributed by atoms with Crippen LogP contribution in [-0.4, -0.2) is 70.4 Å². The minimum absolute atomic E-state index is 0.111. The zero-order chi connectivity index (χ0) is 28.1. The first kappa shape index (κ1) is 30.0. The maximum atomic E-state index is 15.2. The number of halogens is 2. The van der Waals surface area contributed by atoms with Gasteiger partial charge in [-0.1, -0.05) is 29.8 Å². The van der Waals surface area contributed by atoms with Gasteiger partial charge in [0, 0.05) is 19.4 Å². The number of aliphatic hydroxyl groups excluding tert-OH is 1. The van der Waals surface area contributed by atoms with E-state index < -0.39 is 67.3 Å². The molecule has 16 heteroatoms. The highest BCUT2D eigenvalue weighted by molar-refractivity contribution is 7.52. The first-order chi connectivity index (χ1) is 17.9. The molecule has 13 nitrogen and oxygen atoms in total. The molecular formula is C22H28ClFN3O10P. The van der Waals surface area contributed by atoms with Crippen molar-refractivity contribution < 1.29 is 42.1 Å². The van der Waals surface area contributed by atoms with Crippen LogP contribution in [0.15, 0.2) is 52.2 Å². The second-order valence-corrected chi connectivity index (χ2v) is 10.7. The van der Waals surface area contributed by atoms with Crippen molar-refractivity contribution in [3.63, 3.8) is 0 Å². The van der Waals surface area contributed by atoms with E-state index in [2.05, 4.69) is 5.09 Å². The van der Waals surface area contributed by atoms with E-state index in [0.717, 1.165) is 12.3 Å². The van der Waals surface area contributed by atoms with E-state index in [9.17, 15) is 24.1 Å². The minimum atomic E-state index is -4.39. The quantitative estimate of drug-likeness (QED) is 0.189. The molecule has 1 saturated heterocycles. The third-order valence-corrected chi connectivity index (χ3v) is 7.34. The van der Waals surface area contributed by atoms with Crippen molar-refractivity contribution in [2.24, 2.45) is 0 Å². The molecule has 0 aliphatic carbocycles. The van der Waals surface area contributed by atoms with Crippen molar-refractivity contribution in [2.75, 3.05) is 20.3 Å². The number of nitrogens with one attached hydrogen (secondary N) is 2. The molecule has 2 aromatic rings. The van der Waals surface area contributed by atoms with Crippen LogP contribution >= 0.6 is 19.3 Å². The second kappa shape index (κ2) is 12.5. The fraction of sp³-hybridized carbons (Fsp3) is 0.500. The van der Waals surface area contributed by atoms with Crippen LogP contribution in [0, 0.1) is 0 Å². The van der Waals surface area contributed by atoms with Crippen LogP contribution in [0.1, 0.15) is 20.1 Å². The molecule has 0 amide bonds. The number of aliphatic hydroxyl groups is 1. The van der Waals surface area contributed by atoms with Gasteiger partial charge in [-0.25, -0.2) is 13.8 Å². The Labute approximate surface area is 221 Å². The monoisotopic (exact) mass is 579 g/mol. The Morgan fingerprint density at radius 3 is 2.63 bits per heavy atom. The molecule has 0 saturated carbocycles. The number of para-hydroxylation sites is 1. The number of aromatic amines is 1. The Hall–Kier alpha value is -2.58. The molecule has 1 aromatic carbocycles. The van der Waals surface area contributed by atoms with Gasteiger partial charge < -0.3 is 23.8 Å². The van der Waals surface area contributed by atoms with E-state index in [1.807, 2.05) is 4.98 Å². The molecule has 1 fully saturated rings. The molecule has 1 aliphatic rings. The van der Waals surface area contributed by atoms with Crippen LogP contribution in [0.25, 0.3) is 0 Å². The van der Waals surface area contributed by atoms with Crippen LogP contribution in [-0.2, 0) is 28.1 Å². The topological polar surface area (TPSA) is 167 Å². The lowest BCUT2D eigenvalue weighted by Gasteiger charge is -2.25. The van der Waals surface area contributed by atoms with E-state index in [1.165, 1.54) is 26.2 Å². The maximum absolute atomic E-state index is 15.2. The lowest BCUT2D eigenvalue weighted by Crippen LogP contribution is -2.42. The highest BCUT2D eigenvalue weighted by atomic mass is 35.5. The summed E-state index contributed by atoms with van der Waals surface area (Å²) in [6.07, 6.45) is -5.11. The average Bonchev–Trinajstić information content (AvgIpc) is 3.07. The molecule has 3 N–H and O–H groups in total. The fourth-order valence-corrected chi connectivity index (χ4v) is 5.26. The molecule has 210 valence electrons. The van der Waals surface area contributed by atoms with Gasteiger partial charge in [-0.3, -0.25) is 23.7 Å². The SMILES string of the molecule is COCC(C)OC(=O)C(C)NP(=O)(OCC1OC(n2ccc(=O)[nH]c2=O)C(F)(Cl)C1O)Oc1ccccc1. The highest BCUT2D eigenvalue weighted by Crippen LogP contribution is 2.48. The van der Waals surface area contributed by atoms with Crippen LogP contribution < -0.4 is 20.9 Å². The highest BCUT2D eigenvalue weighted by Gasteiger charge is 2.58. The predicted octanol–water partition coefficient (Wildman–Crippen LogP) is 1.46. The van der Waals surface area contributed by atoms with Crippen molar-refractivity contribution in [1.82, 2.24) is 14.6 Å². The molecule has 1 aliphatic heterocycles. The van der Waals surface area contributed by atoms with E-state index >= 15 is 4.39 Å². The number of benzene rings is 1. The molecule has 38 heavy (non-hydrogen) atoms. The second-order valence-electron chi connectivity index (χ2n) is 8.41. The van der Waals surface area contributed by atoms with Crippen molar-refractivity contribution in [1.29, 1.82) is 0 Å². The normalized spacial score (nSPS) is 26.3. The lowest BCUT2D eigenvalue weighted by atomic mass is 10.1. The standard InChI is InChI=1S/C22H28ClFN3O10P/c1-13(11-33-3)35-19(30)14(2)26-38(32,37-15-7-5-4-6-8-15)34-12-16-18(29)22(23,24)20(36-16)27-10-9-17(28)25-21(27)31/h4-10,13-14,16,18,20,29H,11-12H2,1-3H3,(H,26,32)(H,25,28,31). The van der Waals surface area contributed by atoms with E-state index in [4.69, 9.17) is 34.9 Å². The minimum Gasteiger partial charge on any atom is -0.459 e. The third kappa shape index (κ3) is 7.29. The average molecular weight is 580 g/mol. The number of rotatable bonds is 12. The molecule has 2 heterocycles. The van der Waals surface area contributed by atoms with Gasteiger partial charge in [0.2, 0.25) is 0 Å². The number of aromatic nitrogens is 2. The summed E-state index contributed by atoms with van der Waals surface area (Å²) in [5, 5.41) is 9.88. The number of H-pyrrole nitrogens is 1. The van der Waals surface area contributed by atoms with Crippen LogP contribution in [0.4, 0.5) is 4.39 Å². The molecule has 0 bridgehead atoms. The van der Waals surface area contributed by atoms with Crippen LogP contribution in [0.2, 0.25) is 0 Å². The Morgan fingerprint density at radius 2 is 2.00 bits per heavy atom. The molecule has 7 unspecified atom stereocenters. The number of alkyl halides is 2. The summed E-state index contributed by atoms with van der Waals surface area (Å²) in [5.74, 6) is -0.673. The number of methoxy groups -OCH3 is 1. The Bertz CT molecular complexity index is 1260. The van der Waals surface area contributed by atoms with Gasteiger partial charge in [-0.05, 0) is 26.0 Å². The van der Waals surface area contributed by atoms with E-state index in [-0.39, 0.29) is 12.4 Å². The van der Waals surface area contributed by atoms with E-state index in [1.54, 1.807) is 25.1 Å². The number of esters is 1. The van der Waals surface area contributed by atoms with Gasteiger partial charge in [-0.2, -0.15) is 5.09 Å². The summed E-state index contributed by atoms with van der Waals surface area (Å²) in [6.45, 7) is 2.35. The Kier molecular flexibility index (Phi) is 9.87. The summed E-state index contributed by atoms with van der Waals surface area (Å²) < 4.78 is 56.0. The first-order valence-electron chi connectivity index (χ1n) is 11.4. The summed E-state index contributed by atoms with van der Waals surface area (Å²) in [4.78, 5) is 37.8. The first-order valence-corrected chi connectivity index (χ1v) is 13.3. The van der Waals surface area contributed by atoms with E-state index in [0.29, 0.717) is 4.57 Å². The molecule has 0 spiro atoms. The third-order valence-electron chi connectivity index (χ3n) is 5.28. The summed E-state index contributed by atoms with van der Waals surface area (Å²) in [6, 6.07) is 7.59. The van der Waals surface area contributed by atoms with Gasteiger partial charge in [0.25, 0.3) is 10.7 Å². The summed E-state index contributed by atoms with van der Waals surface area (Å²) >= 11 is 5.87. The van der Waals surface area contributed by atoms with Crippen LogP contribution in [0.3, 0.4) is 0 Å². The number of carbonyl (C=O) groups is 1. The van der Waals surface area contributed by atoms with Gasteiger partial charge in [-0.15, -0.1) is 0 Å². The Balaban J connectivity index is 1.78. The number of hydrogen-bond acceptors (Lipinski definition) is 10. The molecule has 1 aromatic heterocycles. The number of ether oxygens (including phenoxy) is 3. The van der Waals surface area contributed by atoms with Crippen LogP contribution in [0.5, 0.6) is 5.75 Å². The fourth-order valence-electron chi connectivity index (χ4n) is 3.46. The van der Waals surface area contributed by atoms with Crippen molar-refractivity contribution in [2.45, 2.75) is 49.6 Å². The van der Waals surface area contributed by atoms with Gasteiger partial charge in [0.1, 0.15) is 30.1 Å². The number of nitrogens with zero attached hydrogens (tertiary/aromatic N) is 1. The van der Waals surface area contributed by atoms with Crippen molar-refractivity contribution in [3.8, 4) is 5.75 Å². The zero-order valence-electron chi connectivity index (χ0n) is 20.6. The van der Waals surface area contributed by atoms with Gasteiger partial charge in [0.05, 0.1) is 13.2 Å². The van der Waals surface area contributed by atoms with Gasteiger partial charge >= 0.3 is 19.4 Å². The maximum Gasteiger partial charge on any atom is 0.459 e. The Morgan fingerprint density at radius 1 is 1.32 bits per heavy atom. The largest absolute Gasteiger partial charge is 0.459 e. The molecular weight excluding hydrogens is 552 g/mol. The summed E-state index contributed by atoms with van der Waals surface area (Å²) in [7, 11) is -2.96. The predicted molar refractivity (Wildman–Crippen MR) is 132 cm³/mol. The molecule has 3 rings (SSSR count). The number of carbonyl (C=O) groups excluding carboxylic acids is 1. The van der Waals surface area contributed by atoms with Gasteiger partial charge in [0.15, 0.2) is 6.23 Å². The van der Waals surface area contributed by atoms with Crippen molar-refractivity contribution in [3.05, 3.63) is 63.4 Å². The van der Waals surface area contributed by atoms with Crippen molar-refractivity contribution >= 4 is 25.3 Å². The smallest absolute Gasteiger partial charge is 0.459 e. The summed E-state index contributed by atoms with van der Waals surface area (Å²) in [5.41, 5.74) is -1.77. The lowest BCUT2D eigenvalue weighted by molar-refractivity contribution is -0.152. The molecule has 7 atom stereocenters.